The molecule has 0 bridgehead atoms. The van der Waals surface area contributed by atoms with Gasteiger partial charge in [0, 0.05) is 23.7 Å². The molecule has 1 unspecified atom stereocenters. The highest BCUT2D eigenvalue weighted by Crippen LogP contribution is 2.25. The van der Waals surface area contributed by atoms with Gasteiger partial charge < -0.3 is 10.1 Å². The Hall–Kier alpha value is -1.36. The molecule has 0 saturated carbocycles. The first-order chi connectivity index (χ1) is 9.33. The highest BCUT2D eigenvalue weighted by molar-refractivity contribution is 6.29. The van der Waals surface area contributed by atoms with Crippen LogP contribution in [0, 0.1) is 6.92 Å². The predicted octanol–water partition coefficient (Wildman–Crippen LogP) is 3.92. The molecule has 0 spiro atoms. The van der Waals surface area contributed by atoms with Crippen molar-refractivity contribution in [3.8, 4) is 5.75 Å². The Balaban J connectivity index is 1.95. The zero-order valence-electron chi connectivity index (χ0n) is 10.9. The summed E-state index contributed by atoms with van der Waals surface area (Å²) in [7, 11) is 0. The van der Waals surface area contributed by atoms with Gasteiger partial charge in [-0.05, 0) is 30.5 Å². The van der Waals surface area contributed by atoms with Crippen LogP contribution in [0.2, 0.25) is 0 Å². The van der Waals surface area contributed by atoms with Crippen LogP contribution in [0.3, 0.4) is 0 Å². The normalized spacial score (nSPS) is 18.6. The predicted molar refractivity (Wildman–Crippen MR) is 71.9 cm³/mol. The number of benzene rings is 1. The molecule has 110 valence electrons. The molecule has 1 aromatic carbocycles. The standard InChI is InChI=1S/C14H15ClF3NO/c1-9-4-10(5-12-6-11(15)7-19-12)2-3-13(9)20-8-14(16,17)18/h2-4,7,12,19H,5-6,8H2,1H3. The Kier molecular flexibility index (Phi) is 4.48. The first kappa shape index (κ1) is 15.0. The molecule has 2 nitrogen and oxygen atoms in total. The van der Waals surface area contributed by atoms with Crippen molar-refractivity contribution in [2.45, 2.75) is 32.0 Å². The van der Waals surface area contributed by atoms with Crippen LogP contribution in [0.1, 0.15) is 17.5 Å². The first-order valence-electron chi connectivity index (χ1n) is 6.23. The number of nitrogens with one attached hydrogen (secondary N) is 1. The monoisotopic (exact) mass is 305 g/mol. The van der Waals surface area contributed by atoms with Crippen molar-refractivity contribution in [1.82, 2.24) is 5.32 Å². The molecule has 0 amide bonds. The maximum Gasteiger partial charge on any atom is 0.422 e. The number of hydrogen-bond donors (Lipinski definition) is 1. The van der Waals surface area contributed by atoms with Crippen LogP contribution < -0.4 is 10.1 Å². The van der Waals surface area contributed by atoms with E-state index >= 15 is 0 Å². The van der Waals surface area contributed by atoms with Crippen LogP contribution in [0.25, 0.3) is 0 Å². The van der Waals surface area contributed by atoms with E-state index in [-0.39, 0.29) is 11.8 Å². The fourth-order valence-corrected chi connectivity index (χ4v) is 2.39. The number of ether oxygens (including phenoxy) is 1. The first-order valence-corrected chi connectivity index (χ1v) is 6.61. The summed E-state index contributed by atoms with van der Waals surface area (Å²) in [5.74, 6) is 0.265. The highest BCUT2D eigenvalue weighted by Gasteiger charge is 2.28. The molecule has 1 aromatic rings. The third kappa shape index (κ3) is 4.34. The van der Waals surface area contributed by atoms with Crippen LogP contribution in [-0.2, 0) is 6.42 Å². The van der Waals surface area contributed by atoms with Crippen molar-refractivity contribution in [3.05, 3.63) is 40.6 Å². The van der Waals surface area contributed by atoms with Crippen molar-refractivity contribution >= 4 is 11.6 Å². The van der Waals surface area contributed by atoms with E-state index in [1.165, 1.54) is 0 Å². The second-order valence-electron chi connectivity index (χ2n) is 4.87. The van der Waals surface area contributed by atoms with Gasteiger partial charge in [-0.2, -0.15) is 13.2 Å². The molecular weight excluding hydrogens is 291 g/mol. The molecule has 0 fully saturated rings. The van der Waals surface area contributed by atoms with E-state index in [2.05, 4.69) is 5.32 Å². The quantitative estimate of drug-likeness (QED) is 0.910. The molecule has 0 saturated heterocycles. The Morgan fingerprint density at radius 1 is 1.40 bits per heavy atom. The Morgan fingerprint density at radius 3 is 2.70 bits per heavy atom. The van der Waals surface area contributed by atoms with Gasteiger partial charge in [-0.15, -0.1) is 0 Å². The van der Waals surface area contributed by atoms with Crippen molar-refractivity contribution in [2.75, 3.05) is 6.61 Å². The summed E-state index contributed by atoms with van der Waals surface area (Å²) in [5, 5.41) is 3.95. The minimum atomic E-state index is -4.32. The van der Waals surface area contributed by atoms with E-state index < -0.39 is 12.8 Å². The summed E-state index contributed by atoms with van der Waals surface area (Å²) in [6.07, 6.45) is -0.999. The summed E-state index contributed by atoms with van der Waals surface area (Å²) < 4.78 is 41.1. The maximum atomic E-state index is 12.1. The van der Waals surface area contributed by atoms with E-state index in [4.69, 9.17) is 16.3 Å². The van der Waals surface area contributed by atoms with E-state index in [0.717, 1.165) is 23.4 Å². The lowest BCUT2D eigenvalue weighted by atomic mass is 10.0. The zero-order valence-corrected chi connectivity index (χ0v) is 11.7. The fraction of sp³-hybridized carbons (Fsp3) is 0.429. The highest BCUT2D eigenvalue weighted by atomic mass is 35.5. The van der Waals surface area contributed by atoms with Gasteiger partial charge in [0.05, 0.1) is 0 Å². The Morgan fingerprint density at radius 2 is 2.15 bits per heavy atom. The molecule has 0 radical (unpaired) electrons. The van der Waals surface area contributed by atoms with Crippen LogP contribution in [0.15, 0.2) is 29.4 Å². The number of halogens is 4. The molecule has 2 rings (SSSR count). The molecule has 1 aliphatic rings. The Labute approximate surface area is 120 Å². The summed E-state index contributed by atoms with van der Waals surface area (Å²) in [5.41, 5.74) is 1.74. The van der Waals surface area contributed by atoms with E-state index in [1.807, 2.05) is 6.07 Å². The maximum absolute atomic E-state index is 12.1. The lowest BCUT2D eigenvalue weighted by molar-refractivity contribution is -0.153. The molecule has 6 heteroatoms. The van der Waals surface area contributed by atoms with Gasteiger partial charge in [-0.3, -0.25) is 0 Å². The number of aryl methyl sites for hydroxylation is 1. The molecule has 1 heterocycles. The van der Waals surface area contributed by atoms with Crippen LogP contribution in [0.4, 0.5) is 13.2 Å². The van der Waals surface area contributed by atoms with Gasteiger partial charge >= 0.3 is 6.18 Å². The largest absolute Gasteiger partial charge is 0.484 e. The van der Waals surface area contributed by atoms with Crippen molar-refractivity contribution < 1.29 is 17.9 Å². The second kappa shape index (κ2) is 5.95. The third-order valence-corrected chi connectivity index (χ3v) is 3.29. The molecule has 1 aliphatic heterocycles. The average Bonchev–Trinajstić information content (AvgIpc) is 2.72. The van der Waals surface area contributed by atoms with Crippen molar-refractivity contribution in [1.29, 1.82) is 0 Å². The topological polar surface area (TPSA) is 21.3 Å². The van der Waals surface area contributed by atoms with E-state index in [0.29, 0.717) is 5.56 Å². The average molecular weight is 306 g/mol. The van der Waals surface area contributed by atoms with Gasteiger partial charge in [-0.25, -0.2) is 0 Å². The minimum Gasteiger partial charge on any atom is -0.484 e. The Bertz CT molecular complexity index is 514. The van der Waals surface area contributed by atoms with Gasteiger partial charge in [0.25, 0.3) is 0 Å². The van der Waals surface area contributed by atoms with Crippen LogP contribution in [-0.4, -0.2) is 18.8 Å². The van der Waals surface area contributed by atoms with Gasteiger partial charge in [0.2, 0.25) is 0 Å². The van der Waals surface area contributed by atoms with E-state index in [9.17, 15) is 13.2 Å². The number of rotatable bonds is 4. The summed E-state index contributed by atoms with van der Waals surface area (Å²) in [6, 6.07) is 5.45. The van der Waals surface area contributed by atoms with Gasteiger partial charge in [0.15, 0.2) is 6.61 Å². The van der Waals surface area contributed by atoms with Gasteiger partial charge in [-0.1, -0.05) is 23.7 Å². The molecule has 20 heavy (non-hydrogen) atoms. The lowest BCUT2D eigenvalue weighted by Crippen LogP contribution is -2.22. The van der Waals surface area contributed by atoms with Crippen molar-refractivity contribution in [2.24, 2.45) is 0 Å². The van der Waals surface area contributed by atoms with Crippen molar-refractivity contribution in [3.63, 3.8) is 0 Å². The minimum absolute atomic E-state index is 0.240. The molecule has 1 atom stereocenters. The second-order valence-corrected chi connectivity index (χ2v) is 5.35. The number of alkyl halides is 3. The molecular formula is C14H15ClF3NO. The summed E-state index contributed by atoms with van der Waals surface area (Å²) >= 11 is 5.89. The lowest BCUT2D eigenvalue weighted by Gasteiger charge is -2.14. The SMILES string of the molecule is Cc1cc(CC2CC(Cl)=CN2)ccc1OCC(F)(F)F. The van der Waals surface area contributed by atoms with Crippen LogP contribution in [0.5, 0.6) is 5.75 Å². The summed E-state index contributed by atoms with van der Waals surface area (Å²) in [6.45, 7) is 0.472. The molecule has 1 N–H and O–H groups in total. The molecule has 0 aliphatic carbocycles. The fourth-order valence-electron chi connectivity index (χ4n) is 2.14. The zero-order chi connectivity index (χ0) is 14.8. The van der Waals surface area contributed by atoms with Crippen LogP contribution >= 0.6 is 11.6 Å². The van der Waals surface area contributed by atoms with Gasteiger partial charge in [0.1, 0.15) is 5.75 Å². The smallest absolute Gasteiger partial charge is 0.422 e. The number of hydrogen-bond acceptors (Lipinski definition) is 2. The van der Waals surface area contributed by atoms with E-state index in [1.54, 1.807) is 25.3 Å². The third-order valence-electron chi connectivity index (χ3n) is 3.03. The summed E-state index contributed by atoms with van der Waals surface area (Å²) in [4.78, 5) is 0. The molecule has 0 aromatic heterocycles.